The molecule has 188 valence electrons. The highest BCUT2D eigenvalue weighted by Gasteiger charge is 2.26. The molecule has 2 aromatic heterocycles. The fraction of sp³-hybridized carbons (Fsp3) is 0.0556. The molecule has 4 heteroatoms. The summed E-state index contributed by atoms with van der Waals surface area (Å²) in [6.07, 6.45) is 6.57. The van der Waals surface area contributed by atoms with Gasteiger partial charge in [-0.25, -0.2) is 9.97 Å². The first-order valence-corrected chi connectivity index (χ1v) is 14.6. The molecule has 0 unspecified atom stereocenters. The lowest BCUT2D eigenvalue weighted by Crippen LogP contribution is -2.34. The molecular weight excluding hydrogens is 506 g/mol. The predicted molar refractivity (Wildman–Crippen MR) is 166 cm³/mol. The van der Waals surface area contributed by atoms with Crippen molar-refractivity contribution in [1.29, 1.82) is 0 Å². The van der Waals surface area contributed by atoms with Crippen LogP contribution >= 0.6 is 11.8 Å². The largest absolute Gasteiger partial charge is 0.277 e. The molecule has 0 bridgehead atoms. The van der Waals surface area contributed by atoms with Gasteiger partial charge in [-0.3, -0.25) is 4.57 Å². The van der Waals surface area contributed by atoms with E-state index in [4.69, 9.17) is 9.97 Å². The third-order valence-electron chi connectivity index (χ3n) is 8.22. The van der Waals surface area contributed by atoms with Crippen LogP contribution in [0.2, 0.25) is 0 Å². The maximum absolute atomic E-state index is 5.32. The summed E-state index contributed by atoms with van der Waals surface area (Å²) < 4.78 is 2.31. The van der Waals surface area contributed by atoms with Gasteiger partial charge in [0, 0.05) is 36.7 Å². The average molecular weight is 530 g/mol. The van der Waals surface area contributed by atoms with Crippen molar-refractivity contribution in [2.24, 2.45) is 0 Å². The Morgan fingerprint density at radius 2 is 1.48 bits per heavy atom. The molecule has 0 atom stereocenters. The summed E-state index contributed by atoms with van der Waals surface area (Å²) in [4.78, 5) is 13.1. The number of benzene rings is 5. The van der Waals surface area contributed by atoms with Crippen LogP contribution in [-0.2, 0) is 0 Å². The Morgan fingerprint density at radius 1 is 0.650 bits per heavy atom. The highest BCUT2D eigenvalue weighted by molar-refractivity contribution is 8.00. The zero-order chi connectivity index (χ0) is 26.2. The number of nitrogens with zero attached hydrogens (tertiary/aromatic N) is 3. The zero-order valence-electron chi connectivity index (χ0n) is 21.6. The molecule has 0 amide bonds. The molecule has 3 heterocycles. The first kappa shape index (κ1) is 22.2. The topological polar surface area (TPSA) is 30.7 Å². The molecule has 1 aliphatic carbocycles. The Bertz CT molecular complexity index is 2290. The summed E-state index contributed by atoms with van der Waals surface area (Å²) in [5.74, 6) is 0.724. The predicted octanol–water partition coefficient (Wildman–Crippen LogP) is 7.88. The number of hydrogen-bond acceptors (Lipinski definition) is 3. The summed E-state index contributed by atoms with van der Waals surface area (Å²) in [6, 6.07) is 37.1. The lowest BCUT2D eigenvalue weighted by atomic mass is 9.96. The average Bonchev–Trinajstić information content (AvgIpc) is 3.36. The van der Waals surface area contributed by atoms with Crippen molar-refractivity contribution in [1.82, 2.24) is 14.5 Å². The van der Waals surface area contributed by atoms with Crippen molar-refractivity contribution in [2.75, 3.05) is 0 Å². The van der Waals surface area contributed by atoms with E-state index in [1.54, 1.807) is 0 Å². The van der Waals surface area contributed by atoms with Crippen LogP contribution in [-0.4, -0.2) is 14.5 Å². The molecule has 5 aromatic carbocycles. The Kier molecular flexibility index (Phi) is 4.66. The van der Waals surface area contributed by atoms with Gasteiger partial charge in [0.1, 0.15) is 0 Å². The summed E-state index contributed by atoms with van der Waals surface area (Å²) >= 11 is 1.87. The maximum atomic E-state index is 5.32. The maximum Gasteiger partial charge on any atom is 0.235 e. The van der Waals surface area contributed by atoms with E-state index in [0.717, 1.165) is 46.1 Å². The number of para-hydroxylation sites is 1. The summed E-state index contributed by atoms with van der Waals surface area (Å²) in [5.41, 5.74) is 6.98. The smallest absolute Gasteiger partial charge is 0.235 e. The normalized spacial score (nSPS) is 13.6. The Labute approximate surface area is 235 Å². The number of rotatable bonds is 2. The van der Waals surface area contributed by atoms with Gasteiger partial charge in [0.2, 0.25) is 5.95 Å². The van der Waals surface area contributed by atoms with E-state index in [1.807, 2.05) is 11.8 Å². The number of fused-ring (bicyclic) bond motifs is 7. The van der Waals surface area contributed by atoms with Crippen molar-refractivity contribution in [3.05, 3.63) is 114 Å². The van der Waals surface area contributed by atoms with E-state index in [1.165, 1.54) is 48.0 Å². The molecule has 3 nitrogen and oxygen atoms in total. The fourth-order valence-corrected chi connectivity index (χ4v) is 7.75. The van der Waals surface area contributed by atoms with E-state index in [0.29, 0.717) is 0 Å². The van der Waals surface area contributed by atoms with Gasteiger partial charge < -0.3 is 0 Å². The highest BCUT2D eigenvalue weighted by atomic mass is 32.2. The third kappa shape index (κ3) is 3.08. The van der Waals surface area contributed by atoms with Gasteiger partial charge in [0.25, 0.3) is 0 Å². The Hall–Kier alpha value is -4.67. The molecule has 0 saturated carbocycles. The Balaban J connectivity index is 1.43. The van der Waals surface area contributed by atoms with Crippen molar-refractivity contribution in [2.45, 2.75) is 22.6 Å². The molecule has 7 aromatic rings. The van der Waals surface area contributed by atoms with Gasteiger partial charge >= 0.3 is 0 Å². The molecule has 2 aliphatic rings. The van der Waals surface area contributed by atoms with Gasteiger partial charge in [-0.15, -0.1) is 0 Å². The van der Waals surface area contributed by atoms with Crippen molar-refractivity contribution >= 4 is 56.5 Å². The van der Waals surface area contributed by atoms with Crippen molar-refractivity contribution in [3.8, 4) is 28.3 Å². The van der Waals surface area contributed by atoms with Gasteiger partial charge in [-0.2, -0.15) is 0 Å². The molecule has 9 rings (SSSR count). The minimum Gasteiger partial charge on any atom is -0.277 e. The van der Waals surface area contributed by atoms with Gasteiger partial charge in [-0.1, -0.05) is 115 Å². The van der Waals surface area contributed by atoms with Crippen LogP contribution in [0.4, 0.5) is 0 Å². The quantitative estimate of drug-likeness (QED) is 0.228. The standard InChI is InChI=1S/C36H23N3S/c1-2-10-23(11-3-1)33-28-15-4-6-17-29(28)37-36(38-33)39-30-18-7-5-14-24(30)26-20-21-27-25-16-8-12-22-13-9-19-31(32(22)25)40-35(27)34(26)39/h1-3,5,7-21H,4,6H2. The van der Waals surface area contributed by atoms with Gasteiger partial charge in [0.05, 0.1) is 22.1 Å². The van der Waals surface area contributed by atoms with E-state index >= 15 is 0 Å². The van der Waals surface area contributed by atoms with Crippen molar-refractivity contribution < 1.29 is 0 Å². The molecule has 0 fully saturated rings. The lowest BCUT2D eigenvalue weighted by molar-refractivity contribution is 0.944. The van der Waals surface area contributed by atoms with Crippen LogP contribution in [0.3, 0.4) is 0 Å². The van der Waals surface area contributed by atoms with E-state index < -0.39 is 0 Å². The molecule has 40 heavy (non-hydrogen) atoms. The second-order valence-corrected chi connectivity index (χ2v) is 11.5. The van der Waals surface area contributed by atoms with Gasteiger partial charge in [-0.05, 0) is 41.5 Å². The third-order valence-corrected chi connectivity index (χ3v) is 9.40. The van der Waals surface area contributed by atoms with Crippen LogP contribution in [0.15, 0.2) is 113 Å². The van der Waals surface area contributed by atoms with E-state index in [9.17, 15) is 0 Å². The first-order chi connectivity index (χ1) is 19.8. The van der Waals surface area contributed by atoms with Crippen LogP contribution < -0.4 is 10.6 Å². The van der Waals surface area contributed by atoms with Crippen LogP contribution in [0.25, 0.3) is 73.1 Å². The molecule has 0 saturated heterocycles. The molecule has 0 spiro atoms. The number of aromatic nitrogens is 3. The molecule has 1 aliphatic heterocycles. The monoisotopic (exact) mass is 529 g/mol. The zero-order valence-corrected chi connectivity index (χ0v) is 22.5. The van der Waals surface area contributed by atoms with Crippen molar-refractivity contribution in [3.63, 3.8) is 0 Å². The summed E-state index contributed by atoms with van der Waals surface area (Å²) in [7, 11) is 0. The van der Waals surface area contributed by atoms with Crippen LogP contribution in [0.5, 0.6) is 0 Å². The van der Waals surface area contributed by atoms with E-state index in [-0.39, 0.29) is 0 Å². The van der Waals surface area contributed by atoms with Crippen LogP contribution in [0.1, 0.15) is 12.8 Å². The Morgan fingerprint density at radius 3 is 2.40 bits per heavy atom. The molecular formula is C36H23N3S. The molecule has 0 N–H and O–H groups in total. The van der Waals surface area contributed by atoms with E-state index in [2.05, 4.69) is 120 Å². The highest BCUT2D eigenvalue weighted by Crippen LogP contribution is 2.51. The second kappa shape index (κ2) is 8.41. The second-order valence-electron chi connectivity index (χ2n) is 10.5. The lowest BCUT2D eigenvalue weighted by Gasteiger charge is -2.22. The fourth-order valence-electron chi connectivity index (χ4n) is 6.47. The summed E-state index contributed by atoms with van der Waals surface area (Å²) in [5, 5.41) is 7.23. The number of hydrogen-bond donors (Lipinski definition) is 0. The summed E-state index contributed by atoms with van der Waals surface area (Å²) in [6.45, 7) is 0. The minimum atomic E-state index is 0.724. The van der Waals surface area contributed by atoms with Crippen LogP contribution in [0, 0.1) is 0 Å². The van der Waals surface area contributed by atoms with Gasteiger partial charge in [0.15, 0.2) is 0 Å². The molecule has 0 radical (unpaired) electrons. The minimum absolute atomic E-state index is 0.724. The first-order valence-electron chi connectivity index (χ1n) is 13.8. The SMILES string of the molecule is C1=c2nc(-n3c4ccccc4c4ccc5c(c43)Sc3cccc4cccc-5c34)nc(-c3ccccc3)c2=CCC1.